The molecule has 0 spiro atoms. The fourth-order valence-corrected chi connectivity index (χ4v) is 2.23. The summed E-state index contributed by atoms with van der Waals surface area (Å²) in [5.41, 5.74) is 0. The number of carbonyl (C=O) groups excluding carboxylic acids is 1. The third kappa shape index (κ3) is 2.29. The van der Waals surface area contributed by atoms with Crippen molar-refractivity contribution in [2.45, 2.75) is 31.7 Å². The Hall–Kier alpha value is -0.410. The van der Waals surface area contributed by atoms with Crippen molar-refractivity contribution in [2.24, 2.45) is 0 Å². The first kappa shape index (κ1) is 9.16. The molecule has 0 aromatic heterocycles. The van der Waals surface area contributed by atoms with E-state index < -0.39 is 0 Å². The molecule has 0 bridgehead atoms. The van der Waals surface area contributed by atoms with Crippen LogP contribution in [0.2, 0.25) is 0 Å². The molecule has 0 radical (unpaired) electrons. The quantitative estimate of drug-likeness (QED) is 0.686. The summed E-state index contributed by atoms with van der Waals surface area (Å²) in [7, 11) is 0. The van der Waals surface area contributed by atoms with Gasteiger partial charge in [0.2, 0.25) is 0 Å². The van der Waals surface area contributed by atoms with Crippen molar-refractivity contribution in [3.63, 3.8) is 0 Å². The lowest BCUT2D eigenvalue weighted by Gasteiger charge is -2.16. The second-order valence-electron chi connectivity index (χ2n) is 4.10. The fraction of sp³-hybridized carbons (Fsp3) is 0.900. The summed E-state index contributed by atoms with van der Waals surface area (Å²) in [6.45, 7) is 3.95. The lowest BCUT2D eigenvalue weighted by Crippen LogP contribution is -2.38. The predicted molar refractivity (Wildman–Crippen MR) is 51.7 cm³/mol. The molecule has 2 aliphatic heterocycles. The van der Waals surface area contributed by atoms with E-state index in [1.54, 1.807) is 0 Å². The van der Waals surface area contributed by atoms with Crippen LogP contribution in [0.1, 0.15) is 25.7 Å². The molecule has 2 fully saturated rings. The summed E-state index contributed by atoms with van der Waals surface area (Å²) in [6, 6.07) is 0.167. The van der Waals surface area contributed by atoms with Crippen molar-refractivity contribution in [1.82, 2.24) is 10.2 Å². The Morgan fingerprint density at radius 2 is 2.08 bits per heavy atom. The molecule has 2 heterocycles. The molecule has 0 saturated carbocycles. The number of likely N-dealkylation sites (tertiary alicyclic amines) is 1. The summed E-state index contributed by atoms with van der Waals surface area (Å²) < 4.78 is 0. The van der Waals surface area contributed by atoms with Crippen LogP contribution >= 0.6 is 0 Å². The van der Waals surface area contributed by atoms with Crippen LogP contribution in [-0.2, 0) is 4.79 Å². The summed E-state index contributed by atoms with van der Waals surface area (Å²) in [4.78, 5) is 14.0. The number of nitrogens with one attached hydrogen (secondary N) is 1. The van der Waals surface area contributed by atoms with Crippen LogP contribution in [0.3, 0.4) is 0 Å². The van der Waals surface area contributed by atoms with Gasteiger partial charge in [0.25, 0.3) is 0 Å². The number of rotatable bonds is 3. The van der Waals surface area contributed by atoms with Gasteiger partial charge in [-0.3, -0.25) is 9.69 Å². The topological polar surface area (TPSA) is 32.3 Å². The normalized spacial score (nSPS) is 29.7. The number of Topliss-reactive ketones (excluding diaryl/α,β-unsaturated/α-hetero) is 1. The van der Waals surface area contributed by atoms with Crippen LogP contribution in [0.5, 0.6) is 0 Å². The Labute approximate surface area is 79.5 Å². The Morgan fingerprint density at radius 3 is 2.69 bits per heavy atom. The Bertz CT molecular complexity index is 181. The zero-order chi connectivity index (χ0) is 9.10. The summed E-state index contributed by atoms with van der Waals surface area (Å²) >= 11 is 0. The molecule has 3 heteroatoms. The molecule has 0 aromatic carbocycles. The summed E-state index contributed by atoms with van der Waals surface area (Å²) in [5.74, 6) is 0.402. The van der Waals surface area contributed by atoms with E-state index >= 15 is 0 Å². The molecule has 1 unspecified atom stereocenters. The first-order valence-electron chi connectivity index (χ1n) is 5.35. The van der Waals surface area contributed by atoms with Crippen molar-refractivity contribution in [2.75, 3.05) is 26.2 Å². The minimum absolute atomic E-state index is 0.167. The molecule has 13 heavy (non-hydrogen) atoms. The zero-order valence-corrected chi connectivity index (χ0v) is 8.09. The fourth-order valence-electron chi connectivity index (χ4n) is 2.23. The molecule has 0 amide bonds. The Balaban J connectivity index is 1.76. The largest absolute Gasteiger partial charge is 0.307 e. The third-order valence-electron chi connectivity index (χ3n) is 3.03. The van der Waals surface area contributed by atoms with E-state index in [-0.39, 0.29) is 6.04 Å². The van der Waals surface area contributed by atoms with Gasteiger partial charge in [0.15, 0.2) is 5.78 Å². The van der Waals surface area contributed by atoms with E-state index in [9.17, 15) is 4.79 Å². The Kier molecular flexibility index (Phi) is 2.96. The van der Waals surface area contributed by atoms with Gasteiger partial charge in [0.05, 0.1) is 12.6 Å². The molecule has 1 atom stereocenters. The van der Waals surface area contributed by atoms with Gasteiger partial charge in [-0.15, -0.1) is 0 Å². The molecular weight excluding hydrogens is 164 g/mol. The summed E-state index contributed by atoms with van der Waals surface area (Å²) in [5, 5.41) is 3.25. The molecule has 2 aliphatic rings. The number of hydrogen-bond acceptors (Lipinski definition) is 3. The highest BCUT2D eigenvalue weighted by atomic mass is 16.1. The monoisotopic (exact) mass is 182 g/mol. The maximum atomic E-state index is 11.7. The molecule has 3 nitrogen and oxygen atoms in total. The van der Waals surface area contributed by atoms with Gasteiger partial charge < -0.3 is 5.32 Å². The van der Waals surface area contributed by atoms with Gasteiger partial charge in [0.1, 0.15) is 0 Å². The van der Waals surface area contributed by atoms with Crippen molar-refractivity contribution >= 4 is 5.78 Å². The van der Waals surface area contributed by atoms with E-state index in [1.807, 2.05) is 0 Å². The molecular formula is C10H18N2O. The molecule has 0 aliphatic carbocycles. The molecule has 2 saturated heterocycles. The average Bonchev–Trinajstić information content (AvgIpc) is 2.74. The SMILES string of the molecule is O=C(CN1CCCC1)C1CCCN1. The van der Waals surface area contributed by atoms with Gasteiger partial charge in [-0.25, -0.2) is 0 Å². The first-order valence-corrected chi connectivity index (χ1v) is 5.35. The number of carbonyl (C=O) groups is 1. The third-order valence-corrected chi connectivity index (χ3v) is 3.03. The highest BCUT2D eigenvalue weighted by molar-refractivity contribution is 5.86. The van der Waals surface area contributed by atoms with Crippen molar-refractivity contribution < 1.29 is 4.79 Å². The van der Waals surface area contributed by atoms with Crippen LogP contribution in [0.25, 0.3) is 0 Å². The maximum absolute atomic E-state index is 11.7. The van der Waals surface area contributed by atoms with E-state index in [2.05, 4.69) is 10.2 Å². The second-order valence-corrected chi connectivity index (χ2v) is 4.10. The average molecular weight is 182 g/mol. The van der Waals surface area contributed by atoms with Gasteiger partial charge in [-0.1, -0.05) is 0 Å². The van der Waals surface area contributed by atoms with E-state index in [4.69, 9.17) is 0 Å². The predicted octanol–water partition coefficient (Wildman–Crippen LogP) is 0.403. The van der Waals surface area contributed by atoms with Crippen molar-refractivity contribution in [3.05, 3.63) is 0 Å². The highest BCUT2D eigenvalue weighted by Gasteiger charge is 2.24. The number of ketones is 1. The zero-order valence-electron chi connectivity index (χ0n) is 8.09. The van der Waals surface area contributed by atoms with Crippen LogP contribution in [0.4, 0.5) is 0 Å². The lowest BCUT2D eigenvalue weighted by atomic mass is 10.1. The minimum atomic E-state index is 0.167. The van der Waals surface area contributed by atoms with Crippen molar-refractivity contribution in [3.8, 4) is 0 Å². The number of hydrogen-bond donors (Lipinski definition) is 1. The standard InChI is InChI=1S/C10H18N2O/c13-10(9-4-3-5-11-9)8-12-6-1-2-7-12/h9,11H,1-8H2. The summed E-state index contributed by atoms with van der Waals surface area (Å²) in [6.07, 6.45) is 4.75. The first-order chi connectivity index (χ1) is 6.36. The molecule has 74 valence electrons. The van der Waals surface area contributed by atoms with Gasteiger partial charge in [-0.05, 0) is 45.3 Å². The van der Waals surface area contributed by atoms with Gasteiger partial charge in [-0.2, -0.15) is 0 Å². The number of nitrogens with zero attached hydrogens (tertiary/aromatic N) is 1. The molecule has 1 N–H and O–H groups in total. The van der Waals surface area contributed by atoms with Gasteiger partial charge >= 0.3 is 0 Å². The lowest BCUT2D eigenvalue weighted by molar-refractivity contribution is -0.121. The van der Waals surface area contributed by atoms with Crippen LogP contribution < -0.4 is 5.32 Å². The highest BCUT2D eigenvalue weighted by Crippen LogP contribution is 2.10. The van der Waals surface area contributed by atoms with Crippen molar-refractivity contribution in [1.29, 1.82) is 0 Å². The van der Waals surface area contributed by atoms with E-state index in [0.717, 1.165) is 32.5 Å². The molecule has 2 rings (SSSR count). The minimum Gasteiger partial charge on any atom is -0.307 e. The van der Waals surface area contributed by atoms with Gasteiger partial charge in [0, 0.05) is 0 Å². The van der Waals surface area contributed by atoms with E-state index in [0.29, 0.717) is 12.3 Å². The molecule has 0 aromatic rings. The Morgan fingerprint density at radius 1 is 1.31 bits per heavy atom. The van der Waals surface area contributed by atoms with E-state index in [1.165, 1.54) is 12.8 Å². The van der Waals surface area contributed by atoms with Crippen LogP contribution in [0.15, 0.2) is 0 Å². The maximum Gasteiger partial charge on any atom is 0.163 e. The smallest absolute Gasteiger partial charge is 0.163 e. The van der Waals surface area contributed by atoms with Crippen LogP contribution in [0, 0.1) is 0 Å². The second kappa shape index (κ2) is 4.20. The van der Waals surface area contributed by atoms with Crippen LogP contribution in [-0.4, -0.2) is 42.9 Å².